The molecule has 0 aromatic carbocycles. The van der Waals surface area contributed by atoms with Crippen molar-refractivity contribution < 1.29 is 15.3 Å². The molecule has 6 aliphatic heterocycles. The number of allylic oxidation sites excluding steroid dienone is 4. The first kappa shape index (κ1) is 118. The highest BCUT2D eigenvalue weighted by Gasteiger charge is 2.35. The van der Waals surface area contributed by atoms with Gasteiger partial charge in [-0.25, -0.2) is 0 Å². The molecule has 6 atom stereocenters. The minimum atomic E-state index is 0. The van der Waals surface area contributed by atoms with Gasteiger partial charge in [-0.15, -0.1) is 6.58 Å². The van der Waals surface area contributed by atoms with Crippen LogP contribution in [0.25, 0.3) is 0 Å². The van der Waals surface area contributed by atoms with Gasteiger partial charge >= 0.3 is 0 Å². The van der Waals surface area contributed by atoms with Gasteiger partial charge in [0.05, 0.1) is 0 Å². The summed E-state index contributed by atoms with van der Waals surface area (Å²) in [5.74, 6) is 0. The lowest BCUT2D eigenvalue weighted by Gasteiger charge is -2.32. The molecule has 0 aromatic heterocycles. The van der Waals surface area contributed by atoms with Crippen molar-refractivity contribution in [3.05, 3.63) is 47.6 Å². The van der Waals surface area contributed by atoms with E-state index in [-0.39, 0.29) is 36.3 Å². The van der Waals surface area contributed by atoms with E-state index in [0.29, 0.717) is 41.9 Å². The Morgan fingerprint density at radius 1 is 0.485 bits per heavy atom. The molecule has 7 N–H and O–H groups in total. The van der Waals surface area contributed by atoms with Gasteiger partial charge in [0.15, 0.2) is 0 Å². The minimum absolute atomic E-state index is 0. The van der Waals surface area contributed by atoms with Gasteiger partial charge < -0.3 is 70.9 Å². The number of rotatable bonds is 23. The fourth-order valence-corrected chi connectivity index (χ4v) is 11.3. The molecule has 99 heavy (non-hydrogen) atoms. The Bertz CT molecular complexity index is 1630. The van der Waals surface area contributed by atoms with Gasteiger partial charge in [0.1, 0.15) is 0 Å². The molecule has 0 aliphatic carbocycles. The summed E-state index contributed by atoms with van der Waals surface area (Å²) < 4.78 is 0. The summed E-state index contributed by atoms with van der Waals surface area (Å²) in [4.78, 5) is 19.2. The Balaban J connectivity index is -0.000000110. The summed E-state index contributed by atoms with van der Waals surface area (Å²) in [6.45, 7) is 59.3. The highest BCUT2D eigenvalue weighted by Crippen LogP contribution is 2.33. The molecule has 6 unspecified atom stereocenters. The van der Waals surface area contributed by atoms with Crippen molar-refractivity contribution in [3.8, 4) is 0 Å². The number of nitrogens with one attached hydrogen (secondary N) is 2. The zero-order valence-corrected chi connectivity index (χ0v) is 69.7. The molecule has 0 aromatic rings. The largest absolute Gasteiger partial charge is 0.396 e. The molecule has 0 bridgehead atoms. The van der Waals surface area contributed by atoms with E-state index in [0.717, 1.165) is 63.9 Å². The fraction of sp³-hybridized carbons (Fsp3) is 0.906. The second-order valence-corrected chi connectivity index (χ2v) is 30.0. The molecule has 14 nitrogen and oxygen atoms in total. The maximum absolute atomic E-state index is 8.38. The average molecular weight is 1420 g/mol. The molecule has 6 rings (SSSR count). The Kier molecular flexibility index (Phi) is 92.8. The van der Waals surface area contributed by atoms with Crippen LogP contribution < -0.4 is 16.4 Å². The molecule has 0 spiro atoms. The normalized spacial score (nSPS) is 22.8. The third-order valence-electron chi connectivity index (χ3n) is 19.9. The monoisotopic (exact) mass is 1420 g/mol. The first-order valence-electron chi connectivity index (χ1n) is 38.7. The zero-order valence-electron chi connectivity index (χ0n) is 69.7. The number of likely N-dealkylation sites (tertiary alicyclic amines) is 6. The summed E-state index contributed by atoms with van der Waals surface area (Å²) in [7, 11) is 21.4. The van der Waals surface area contributed by atoms with Crippen LogP contribution in [0.5, 0.6) is 0 Å². The highest BCUT2D eigenvalue weighted by atomic mass is 16.3. The number of hydrogen-bond donors (Lipinski definition) is 6. The Labute approximate surface area is 627 Å². The van der Waals surface area contributed by atoms with E-state index in [1.165, 1.54) is 191 Å². The maximum Gasteiger partial charge on any atom is 0.0443 e. The van der Waals surface area contributed by atoms with E-state index in [9.17, 15) is 0 Å². The summed E-state index contributed by atoms with van der Waals surface area (Å²) in [5.41, 5.74) is 11.1. The predicted molar refractivity (Wildman–Crippen MR) is 457 cm³/mol. The quantitative estimate of drug-likeness (QED) is 0.0428. The Morgan fingerprint density at radius 2 is 0.808 bits per heavy atom. The van der Waals surface area contributed by atoms with Gasteiger partial charge in [0.2, 0.25) is 0 Å². The van der Waals surface area contributed by atoms with E-state index in [4.69, 9.17) is 21.1 Å². The van der Waals surface area contributed by atoms with Crippen LogP contribution in [0.4, 0.5) is 0 Å². The first-order valence-corrected chi connectivity index (χ1v) is 38.7. The second kappa shape index (κ2) is 77.5. The van der Waals surface area contributed by atoms with Gasteiger partial charge in [0, 0.05) is 54.1 Å². The van der Waals surface area contributed by atoms with Crippen LogP contribution in [-0.4, -0.2) is 264 Å². The molecular weight excluding hydrogens is 1220 g/mol. The van der Waals surface area contributed by atoms with E-state index >= 15 is 0 Å². The molecule has 0 saturated carbocycles. The van der Waals surface area contributed by atoms with Gasteiger partial charge in [-0.1, -0.05) is 125 Å². The van der Waals surface area contributed by atoms with Crippen molar-refractivity contribution in [1.82, 2.24) is 49.8 Å². The molecule has 606 valence electrons. The van der Waals surface area contributed by atoms with Crippen molar-refractivity contribution in [3.63, 3.8) is 0 Å². The lowest BCUT2D eigenvalue weighted by Crippen LogP contribution is -2.40. The van der Waals surface area contributed by atoms with E-state index in [1.807, 2.05) is 20.2 Å². The van der Waals surface area contributed by atoms with Crippen LogP contribution in [0, 0.1) is 0 Å². The van der Waals surface area contributed by atoms with Crippen molar-refractivity contribution in [2.75, 3.05) is 175 Å². The average Bonchev–Trinajstić information content (AvgIpc) is 1.74. The molecule has 6 aliphatic rings. The first-order chi connectivity index (χ1) is 44.7. The Morgan fingerprint density at radius 3 is 0.990 bits per heavy atom. The van der Waals surface area contributed by atoms with Crippen molar-refractivity contribution in [2.24, 2.45) is 5.73 Å². The fourth-order valence-electron chi connectivity index (χ4n) is 11.3. The van der Waals surface area contributed by atoms with Gasteiger partial charge in [-0.3, -0.25) is 0 Å². The second-order valence-electron chi connectivity index (χ2n) is 30.0. The number of hydrogen-bond acceptors (Lipinski definition) is 14. The van der Waals surface area contributed by atoms with Crippen LogP contribution in [0.3, 0.4) is 0 Å². The molecule has 0 radical (unpaired) electrons. The number of nitrogens with zero attached hydrogens (tertiary/aromatic N) is 8. The van der Waals surface area contributed by atoms with Gasteiger partial charge in [0.25, 0.3) is 0 Å². The molecular formula is C85H193N11O3. The molecule has 0 amide bonds. The predicted octanol–water partition coefficient (Wildman–Crippen LogP) is 18.3. The smallest absolute Gasteiger partial charge is 0.0443 e. The molecule has 6 saturated heterocycles. The Hall–Kier alpha value is -1.60. The number of aliphatic hydroxyl groups is 3. The lowest BCUT2D eigenvalue weighted by molar-refractivity contribution is 0.182. The van der Waals surface area contributed by atoms with E-state index < -0.39 is 0 Å². The van der Waals surface area contributed by atoms with Crippen LogP contribution >= 0.6 is 0 Å². The minimum Gasteiger partial charge on any atom is -0.396 e. The SMILES string of the molecule is C.C.C.C.C=CCC1(C)CCCN1C.CC(C)=CCC1(C)CCCN1C.CC(C)=CCC1(C)CCCN1C.CC1CCCN1C.CC1CCCN1C.CCC.CCC=C(C)C.CCCCN(C)CC.CCN(C)CCCO.CNCCC1(C)CCCN1C.CNCCCO.NCCCO. The molecule has 6 heterocycles. The van der Waals surface area contributed by atoms with E-state index in [1.54, 1.807) is 0 Å². The summed E-state index contributed by atoms with van der Waals surface area (Å²) in [6.07, 6.45) is 37.8. The summed E-state index contributed by atoms with van der Waals surface area (Å²) in [5, 5.41) is 30.6. The van der Waals surface area contributed by atoms with Gasteiger partial charge in [-0.2, -0.15) is 0 Å². The van der Waals surface area contributed by atoms with Crippen LogP contribution in [0.1, 0.15) is 302 Å². The van der Waals surface area contributed by atoms with Crippen LogP contribution in [0.2, 0.25) is 0 Å². The molecule has 6 fully saturated rings. The van der Waals surface area contributed by atoms with Gasteiger partial charge in [-0.05, 0) is 373 Å². The third kappa shape index (κ3) is 69.2. The topological polar surface area (TPSA) is 137 Å². The molecule has 14 heteroatoms. The van der Waals surface area contributed by atoms with E-state index in [2.05, 4.69) is 256 Å². The van der Waals surface area contributed by atoms with Crippen molar-refractivity contribution in [1.29, 1.82) is 0 Å². The van der Waals surface area contributed by atoms with Crippen molar-refractivity contribution >= 4 is 0 Å². The lowest BCUT2D eigenvalue weighted by atomic mass is 9.94. The number of unbranched alkanes of at least 4 members (excludes halogenated alkanes) is 1. The van der Waals surface area contributed by atoms with Crippen LogP contribution in [0.15, 0.2) is 47.6 Å². The summed E-state index contributed by atoms with van der Waals surface area (Å²) >= 11 is 0. The zero-order chi connectivity index (χ0) is 74.3. The highest BCUT2D eigenvalue weighted by molar-refractivity contribution is 5.03. The standard InChI is InChI=1S/2C11H21N.C9H20N2.C9H17N.C7H17N.C6H15NO.2C6H13N.C6H12.C4H11NO.C3H9NO.C3H8.4CH4/c2*1-10(2)6-8-11(3)7-5-9-12(11)4;1-9(6-7-10-2)5-4-8-11(9)3;1-4-6-9(2)7-5-8-10(9)3;1-4-6-7-8(3)5-2;1-3-7(2)5-4-6-8;2*1-6-4-3-5-7(6)2;1-4-5-6(2)3;1-5-3-2-4-6;4-2-1-3-5;1-3-2;;;;/h2*6H,5,7-9H2,1-4H3;10H,4-8H2,1-3H3;4H,1,5-8H2,2-3H3;4-7H2,1-3H3;8H,3-6H2,1-2H3;2*6H,3-5H2,1-2H3;5H,4H2,1-3H3;5-6H,2-4H2,1H3;5H,1-4H2;3H2,1-2H3;4*1H4. The van der Waals surface area contributed by atoms with Crippen LogP contribution in [-0.2, 0) is 0 Å². The number of nitrogens with two attached hydrogens (primary N) is 1. The summed E-state index contributed by atoms with van der Waals surface area (Å²) in [6, 6.07) is 1.69. The maximum atomic E-state index is 8.38. The third-order valence-corrected chi connectivity index (χ3v) is 19.9. The van der Waals surface area contributed by atoms with Crippen molar-refractivity contribution in [2.45, 2.75) is 336 Å². The number of aliphatic hydroxyl groups excluding tert-OH is 3.